The Labute approximate surface area is 117 Å². The number of thiazole rings is 1. The number of benzene rings is 1. The van der Waals surface area contributed by atoms with Crippen molar-refractivity contribution in [2.45, 2.75) is 6.42 Å². The molecule has 1 aromatic carbocycles. The Kier molecular flexibility index (Phi) is 4.26. The number of aromatic nitrogens is 1. The van der Waals surface area contributed by atoms with Crippen molar-refractivity contribution >= 4 is 28.3 Å². The van der Waals surface area contributed by atoms with Gasteiger partial charge in [-0.1, -0.05) is 0 Å². The number of hydrogen-bond donors (Lipinski definition) is 3. The molecule has 0 saturated heterocycles. The second kappa shape index (κ2) is 6.11. The van der Waals surface area contributed by atoms with Crippen LogP contribution in [0.3, 0.4) is 0 Å². The first kappa shape index (κ1) is 13.9. The number of hydrogen-bond acceptors (Lipinski definition) is 5. The van der Waals surface area contributed by atoms with Crippen LogP contribution in [0.15, 0.2) is 29.6 Å². The standard InChI is InChI=1S/C12H11FN4O2S/c13-8-3-1-7(2-4-8)11(19)17-16-10(18)5-9-6-20-12(14)15-9/h1-4,6H,5H2,(H2,14,15)(H,16,18)(H,17,19). The average molecular weight is 294 g/mol. The van der Waals surface area contributed by atoms with Crippen LogP contribution in [-0.4, -0.2) is 16.8 Å². The van der Waals surface area contributed by atoms with E-state index in [1.807, 2.05) is 0 Å². The van der Waals surface area contributed by atoms with E-state index in [-0.39, 0.29) is 12.0 Å². The van der Waals surface area contributed by atoms with Crippen LogP contribution in [0.2, 0.25) is 0 Å². The van der Waals surface area contributed by atoms with Crippen LogP contribution in [0.5, 0.6) is 0 Å². The SMILES string of the molecule is Nc1nc(CC(=O)NNC(=O)c2ccc(F)cc2)cs1. The van der Waals surface area contributed by atoms with Gasteiger partial charge < -0.3 is 5.73 Å². The van der Waals surface area contributed by atoms with Crippen LogP contribution in [0.1, 0.15) is 16.1 Å². The molecule has 20 heavy (non-hydrogen) atoms. The number of carbonyl (C=O) groups excluding carboxylic acids is 2. The molecule has 0 saturated carbocycles. The molecule has 8 heteroatoms. The van der Waals surface area contributed by atoms with Crippen LogP contribution in [0.25, 0.3) is 0 Å². The second-order valence-corrected chi connectivity index (χ2v) is 4.75. The van der Waals surface area contributed by atoms with E-state index in [1.165, 1.54) is 23.5 Å². The molecule has 4 N–H and O–H groups in total. The third-order valence-corrected chi connectivity index (χ3v) is 3.06. The van der Waals surface area contributed by atoms with Crippen LogP contribution in [0.4, 0.5) is 9.52 Å². The van der Waals surface area contributed by atoms with Crippen molar-refractivity contribution in [1.29, 1.82) is 0 Å². The molecule has 2 amide bonds. The van der Waals surface area contributed by atoms with Crippen LogP contribution in [0, 0.1) is 5.82 Å². The van der Waals surface area contributed by atoms with Gasteiger partial charge in [0.2, 0.25) is 5.91 Å². The normalized spacial score (nSPS) is 10.1. The Morgan fingerprint density at radius 3 is 2.55 bits per heavy atom. The number of nitrogens with two attached hydrogens (primary N) is 1. The Hall–Kier alpha value is -2.48. The molecule has 0 unspecified atom stereocenters. The average Bonchev–Trinajstić information content (AvgIpc) is 2.82. The van der Waals surface area contributed by atoms with E-state index in [0.29, 0.717) is 10.8 Å². The molecule has 0 radical (unpaired) electrons. The van der Waals surface area contributed by atoms with Gasteiger partial charge in [0, 0.05) is 10.9 Å². The molecule has 0 fully saturated rings. The van der Waals surface area contributed by atoms with E-state index in [1.54, 1.807) is 5.38 Å². The van der Waals surface area contributed by atoms with Gasteiger partial charge in [0.25, 0.3) is 5.91 Å². The van der Waals surface area contributed by atoms with Crippen molar-refractivity contribution in [1.82, 2.24) is 15.8 Å². The molecule has 2 rings (SSSR count). The first-order valence-corrected chi connectivity index (χ1v) is 6.47. The quantitative estimate of drug-likeness (QED) is 0.732. The van der Waals surface area contributed by atoms with Crippen molar-refractivity contribution in [2.75, 3.05) is 5.73 Å². The molecule has 6 nitrogen and oxygen atoms in total. The van der Waals surface area contributed by atoms with Crippen molar-refractivity contribution in [3.63, 3.8) is 0 Å². The van der Waals surface area contributed by atoms with Crippen molar-refractivity contribution in [2.24, 2.45) is 0 Å². The smallest absolute Gasteiger partial charge is 0.269 e. The summed E-state index contributed by atoms with van der Waals surface area (Å²) in [7, 11) is 0. The number of anilines is 1. The number of nitrogens with one attached hydrogen (secondary N) is 2. The summed E-state index contributed by atoms with van der Waals surface area (Å²) in [5.41, 5.74) is 10.7. The molecular weight excluding hydrogens is 283 g/mol. The molecule has 104 valence electrons. The van der Waals surface area contributed by atoms with E-state index < -0.39 is 17.6 Å². The second-order valence-electron chi connectivity index (χ2n) is 3.86. The molecule has 0 atom stereocenters. The lowest BCUT2D eigenvalue weighted by Crippen LogP contribution is -2.42. The summed E-state index contributed by atoms with van der Waals surface area (Å²) in [5.74, 6) is -1.39. The number of hydrazine groups is 1. The molecule has 0 aliphatic heterocycles. The molecule has 0 aliphatic carbocycles. The monoisotopic (exact) mass is 294 g/mol. The van der Waals surface area contributed by atoms with E-state index in [0.717, 1.165) is 12.1 Å². The lowest BCUT2D eigenvalue weighted by atomic mass is 10.2. The van der Waals surface area contributed by atoms with Gasteiger partial charge in [-0.15, -0.1) is 11.3 Å². The highest BCUT2D eigenvalue weighted by molar-refractivity contribution is 7.13. The minimum atomic E-state index is -0.531. The first-order chi connectivity index (χ1) is 9.54. The van der Waals surface area contributed by atoms with Gasteiger partial charge in [-0.3, -0.25) is 20.4 Å². The zero-order chi connectivity index (χ0) is 14.5. The summed E-state index contributed by atoms with van der Waals surface area (Å²) in [4.78, 5) is 27.1. The number of carbonyl (C=O) groups is 2. The van der Waals surface area contributed by atoms with Crippen molar-refractivity contribution in [3.05, 3.63) is 46.7 Å². The lowest BCUT2D eigenvalue weighted by molar-refractivity contribution is -0.121. The maximum atomic E-state index is 12.7. The fraction of sp³-hybridized carbons (Fsp3) is 0.0833. The summed E-state index contributed by atoms with van der Waals surface area (Å²) in [6.07, 6.45) is 0.0113. The zero-order valence-electron chi connectivity index (χ0n) is 10.2. The van der Waals surface area contributed by atoms with Crippen LogP contribution < -0.4 is 16.6 Å². The number of nitrogens with zero attached hydrogens (tertiary/aromatic N) is 1. The van der Waals surface area contributed by atoms with Crippen molar-refractivity contribution < 1.29 is 14.0 Å². The van der Waals surface area contributed by atoms with Gasteiger partial charge in [0.05, 0.1) is 12.1 Å². The summed E-state index contributed by atoms with van der Waals surface area (Å²) < 4.78 is 12.7. The maximum Gasteiger partial charge on any atom is 0.269 e. The Balaban J connectivity index is 1.84. The number of amides is 2. The Morgan fingerprint density at radius 1 is 1.25 bits per heavy atom. The van der Waals surface area contributed by atoms with Gasteiger partial charge >= 0.3 is 0 Å². The van der Waals surface area contributed by atoms with E-state index >= 15 is 0 Å². The molecule has 0 bridgehead atoms. The van der Waals surface area contributed by atoms with Crippen LogP contribution >= 0.6 is 11.3 Å². The predicted molar refractivity (Wildman–Crippen MR) is 72.2 cm³/mol. The highest BCUT2D eigenvalue weighted by atomic mass is 32.1. The van der Waals surface area contributed by atoms with Gasteiger partial charge in [-0.25, -0.2) is 9.37 Å². The number of nitrogen functional groups attached to an aromatic ring is 1. The summed E-state index contributed by atoms with van der Waals surface area (Å²) >= 11 is 1.23. The lowest BCUT2D eigenvalue weighted by Gasteiger charge is -2.06. The number of rotatable bonds is 3. The first-order valence-electron chi connectivity index (χ1n) is 5.59. The van der Waals surface area contributed by atoms with Gasteiger partial charge in [-0.2, -0.15) is 0 Å². The summed E-state index contributed by atoms with van der Waals surface area (Å²) in [6, 6.07) is 4.96. The van der Waals surface area contributed by atoms with Gasteiger partial charge in [0.1, 0.15) is 5.82 Å². The van der Waals surface area contributed by atoms with Gasteiger partial charge in [0.15, 0.2) is 5.13 Å². The summed E-state index contributed by atoms with van der Waals surface area (Å²) in [5, 5.41) is 2.04. The molecule has 0 aliphatic rings. The zero-order valence-corrected chi connectivity index (χ0v) is 11.0. The minimum Gasteiger partial charge on any atom is -0.375 e. The third kappa shape index (κ3) is 3.75. The Bertz CT molecular complexity index is 627. The third-order valence-electron chi connectivity index (χ3n) is 2.33. The molecular formula is C12H11FN4O2S. The van der Waals surface area contributed by atoms with Crippen LogP contribution in [-0.2, 0) is 11.2 Å². The molecule has 1 aromatic heterocycles. The highest BCUT2D eigenvalue weighted by Crippen LogP contribution is 2.11. The molecule has 2 aromatic rings. The predicted octanol–water partition coefficient (Wildman–Crippen LogP) is 0.868. The topological polar surface area (TPSA) is 97.1 Å². The van der Waals surface area contributed by atoms with Gasteiger partial charge in [-0.05, 0) is 24.3 Å². The van der Waals surface area contributed by atoms with E-state index in [4.69, 9.17) is 5.73 Å². The highest BCUT2D eigenvalue weighted by Gasteiger charge is 2.09. The Morgan fingerprint density at radius 2 is 1.95 bits per heavy atom. The fourth-order valence-electron chi connectivity index (χ4n) is 1.41. The molecule has 1 heterocycles. The molecule has 0 spiro atoms. The number of halogens is 1. The van der Waals surface area contributed by atoms with E-state index in [9.17, 15) is 14.0 Å². The maximum absolute atomic E-state index is 12.7. The minimum absolute atomic E-state index is 0.0113. The largest absolute Gasteiger partial charge is 0.375 e. The fourth-order valence-corrected chi connectivity index (χ4v) is 1.98. The summed E-state index contributed by atoms with van der Waals surface area (Å²) in [6.45, 7) is 0. The van der Waals surface area contributed by atoms with Crippen molar-refractivity contribution in [3.8, 4) is 0 Å². The van der Waals surface area contributed by atoms with E-state index in [2.05, 4.69) is 15.8 Å².